The molecule has 0 radical (unpaired) electrons. The maximum Gasteiger partial charge on any atom is 0.326 e. The van der Waals surface area contributed by atoms with Gasteiger partial charge in [0, 0.05) is 17.7 Å². The molecular weight excluding hydrogens is 416 g/mol. The number of ether oxygens (including phenoxy) is 3. The molecule has 2 aromatic carbocycles. The molecule has 0 unspecified atom stereocenters. The molecule has 0 bridgehead atoms. The lowest BCUT2D eigenvalue weighted by atomic mass is 10.2. The number of hydrogen-bond donors (Lipinski definition) is 0. The van der Waals surface area contributed by atoms with Crippen molar-refractivity contribution in [3.05, 3.63) is 52.1 Å². The first-order valence-corrected chi connectivity index (χ1v) is 10.5. The molecule has 0 spiro atoms. The fraction of sp³-hybridized carbons (Fsp3) is 0.316. The van der Waals surface area contributed by atoms with Crippen LogP contribution in [0, 0.1) is 17.0 Å². The Labute approximate surface area is 173 Å². The van der Waals surface area contributed by atoms with Crippen LogP contribution in [0.5, 0.6) is 11.5 Å². The Morgan fingerprint density at radius 3 is 2.53 bits per heavy atom. The summed E-state index contributed by atoms with van der Waals surface area (Å²) in [4.78, 5) is 22.4. The molecule has 1 heterocycles. The van der Waals surface area contributed by atoms with Crippen LogP contribution in [-0.4, -0.2) is 45.7 Å². The number of aryl methyl sites for hydroxylation is 1. The molecule has 11 heteroatoms. The second-order valence-electron chi connectivity index (χ2n) is 6.35. The van der Waals surface area contributed by atoms with E-state index >= 15 is 0 Å². The number of carbonyl (C=O) groups excluding carboxylic acids is 1. The van der Waals surface area contributed by atoms with Crippen molar-refractivity contribution in [3.8, 4) is 11.5 Å². The first-order valence-electron chi connectivity index (χ1n) is 9.07. The number of benzene rings is 2. The van der Waals surface area contributed by atoms with Gasteiger partial charge in [-0.2, -0.15) is 0 Å². The van der Waals surface area contributed by atoms with E-state index in [1.165, 1.54) is 37.3 Å². The predicted molar refractivity (Wildman–Crippen MR) is 106 cm³/mol. The van der Waals surface area contributed by atoms with Crippen molar-refractivity contribution in [2.24, 2.45) is 0 Å². The number of nitro groups is 1. The average Bonchev–Trinajstić information content (AvgIpc) is 2.71. The van der Waals surface area contributed by atoms with Gasteiger partial charge in [0.2, 0.25) is 0 Å². The van der Waals surface area contributed by atoms with Crippen molar-refractivity contribution in [2.75, 3.05) is 30.7 Å². The SMILES string of the molecule is CCOC(=O)CN(c1ccc2c(c1)OCCO2)S(=O)(=O)c1ccc(C)c([N+](=O)[O-])c1. The van der Waals surface area contributed by atoms with Gasteiger partial charge in [-0.15, -0.1) is 0 Å². The number of nitro benzene ring substituents is 1. The topological polar surface area (TPSA) is 125 Å². The number of sulfonamides is 1. The Morgan fingerprint density at radius 2 is 1.87 bits per heavy atom. The normalized spacial score (nSPS) is 12.9. The number of hydrogen-bond acceptors (Lipinski definition) is 8. The van der Waals surface area contributed by atoms with Gasteiger partial charge in [0.05, 0.1) is 22.1 Å². The highest BCUT2D eigenvalue weighted by Crippen LogP contribution is 2.36. The maximum atomic E-state index is 13.4. The van der Waals surface area contributed by atoms with Gasteiger partial charge in [-0.3, -0.25) is 19.2 Å². The number of rotatable bonds is 7. The Kier molecular flexibility index (Phi) is 6.11. The number of fused-ring (bicyclic) bond motifs is 1. The first kappa shape index (κ1) is 21.4. The monoisotopic (exact) mass is 436 g/mol. The molecule has 3 rings (SSSR count). The van der Waals surface area contributed by atoms with E-state index < -0.39 is 27.5 Å². The Morgan fingerprint density at radius 1 is 1.17 bits per heavy atom. The molecule has 30 heavy (non-hydrogen) atoms. The highest BCUT2D eigenvalue weighted by molar-refractivity contribution is 7.92. The summed E-state index contributed by atoms with van der Waals surface area (Å²) in [6, 6.07) is 8.02. The zero-order chi connectivity index (χ0) is 21.9. The van der Waals surface area contributed by atoms with E-state index in [1.54, 1.807) is 6.92 Å². The minimum absolute atomic E-state index is 0.0733. The van der Waals surface area contributed by atoms with Gasteiger partial charge in [0.15, 0.2) is 11.5 Å². The van der Waals surface area contributed by atoms with Crippen LogP contribution in [0.1, 0.15) is 12.5 Å². The highest BCUT2D eigenvalue weighted by Gasteiger charge is 2.30. The van der Waals surface area contributed by atoms with Gasteiger partial charge < -0.3 is 14.2 Å². The average molecular weight is 436 g/mol. The molecule has 10 nitrogen and oxygen atoms in total. The van der Waals surface area contributed by atoms with Crippen LogP contribution in [0.4, 0.5) is 11.4 Å². The number of nitrogens with zero attached hydrogens (tertiary/aromatic N) is 2. The third-order valence-electron chi connectivity index (χ3n) is 4.36. The van der Waals surface area contributed by atoms with Crippen molar-refractivity contribution < 1.29 is 32.3 Å². The van der Waals surface area contributed by atoms with E-state index in [-0.39, 0.29) is 22.9 Å². The molecule has 1 aliphatic heterocycles. The van der Waals surface area contributed by atoms with Crippen molar-refractivity contribution in [1.82, 2.24) is 0 Å². The van der Waals surface area contributed by atoms with E-state index in [2.05, 4.69) is 0 Å². The van der Waals surface area contributed by atoms with E-state index in [1.807, 2.05) is 0 Å². The summed E-state index contributed by atoms with van der Waals surface area (Å²) in [6.07, 6.45) is 0. The van der Waals surface area contributed by atoms with Gasteiger partial charge in [-0.05, 0) is 32.0 Å². The standard InChI is InChI=1S/C19H20N2O8S/c1-3-27-19(22)12-20(14-5-7-17-18(10-14)29-9-8-28-17)30(25,26)15-6-4-13(2)16(11-15)21(23)24/h4-7,10-11H,3,8-9,12H2,1-2H3. The summed E-state index contributed by atoms with van der Waals surface area (Å²) in [5, 5.41) is 11.3. The van der Waals surface area contributed by atoms with Gasteiger partial charge in [0.1, 0.15) is 19.8 Å². The van der Waals surface area contributed by atoms with Crippen LogP contribution in [-0.2, 0) is 19.6 Å². The molecule has 0 N–H and O–H groups in total. The van der Waals surface area contributed by atoms with Crippen LogP contribution in [0.15, 0.2) is 41.3 Å². The summed E-state index contributed by atoms with van der Waals surface area (Å²) < 4.78 is 43.4. The van der Waals surface area contributed by atoms with Crippen LogP contribution in [0.3, 0.4) is 0 Å². The molecule has 2 aromatic rings. The fourth-order valence-corrected chi connectivity index (χ4v) is 4.32. The highest BCUT2D eigenvalue weighted by atomic mass is 32.2. The molecule has 0 atom stereocenters. The van der Waals surface area contributed by atoms with E-state index in [9.17, 15) is 23.3 Å². The molecule has 0 aromatic heterocycles. The van der Waals surface area contributed by atoms with Gasteiger partial charge >= 0.3 is 5.97 Å². The Balaban J connectivity index is 2.09. The van der Waals surface area contributed by atoms with E-state index in [0.29, 0.717) is 30.3 Å². The molecule has 0 fully saturated rings. The zero-order valence-electron chi connectivity index (χ0n) is 16.4. The van der Waals surface area contributed by atoms with Crippen LogP contribution >= 0.6 is 0 Å². The first-order chi connectivity index (χ1) is 14.2. The van der Waals surface area contributed by atoms with Crippen molar-refractivity contribution in [3.63, 3.8) is 0 Å². The summed E-state index contributed by atoms with van der Waals surface area (Å²) in [6.45, 7) is 3.23. The zero-order valence-corrected chi connectivity index (χ0v) is 17.2. The van der Waals surface area contributed by atoms with E-state index in [0.717, 1.165) is 10.4 Å². The summed E-state index contributed by atoms with van der Waals surface area (Å²) >= 11 is 0. The largest absolute Gasteiger partial charge is 0.486 e. The van der Waals surface area contributed by atoms with Crippen LogP contribution < -0.4 is 13.8 Å². The fourth-order valence-electron chi connectivity index (χ4n) is 2.90. The second-order valence-corrected chi connectivity index (χ2v) is 8.21. The van der Waals surface area contributed by atoms with E-state index in [4.69, 9.17) is 14.2 Å². The molecule has 1 aliphatic rings. The third kappa shape index (κ3) is 4.30. The second kappa shape index (κ2) is 8.57. The lowest BCUT2D eigenvalue weighted by molar-refractivity contribution is -0.385. The van der Waals surface area contributed by atoms with Crippen LogP contribution in [0.2, 0.25) is 0 Å². The van der Waals surface area contributed by atoms with Gasteiger partial charge in [-0.1, -0.05) is 6.07 Å². The number of esters is 1. The summed E-state index contributed by atoms with van der Waals surface area (Å²) in [5.74, 6) is 0.0136. The van der Waals surface area contributed by atoms with Crippen molar-refractivity contribution in [2.45, 2.75) is 18.7 Å². The predicted octanol–water partition coefficient (Wildman–Crippen LogP) is 2.43. The van der Waals surface area contributed by atoms with Crippen molar-refractivity contribution in [1.29, 1.82) is 0 Å². The smallest absolute Gasteiger partial charge is 0.326 e. The molecule has 0 saturated heterocycles. The maximum absolute atomic E-state index is 13.4. The Hall–Kier alpha value is -3.34. The number of anilines is 1. The van der Waals surface area contributed by atoms with Crippen LogP contribution in [0.25, 0.3) is 0 Å². The number of carbonyl (C=O) groups is 1. The lowest BCUT2D eigenvalue weighted by Crippen LogP contribution is -2.36. The van der Waals surface area contributed by atoms with Crippen molar-refractivity contribution >= 4 is 27.4 Å². The summed E-state index contributed by atoms with van der Waals surface area (Å²) in [7, 11) is -4.34. The molecule has 160 valence electrons. The third-order valence-corrected chi connectivity index (χ3v) is 6.13. The Bertz CT molecular complexity index is 1080. The molecular formula is C19H20N2O8S. The quantitative estimate of drug-likeness (QED) is 0.368. The lowest BCUT2D eigenvalue weighted by Gasteiger charge is -2.26. The minimum atomic E-state index is -4.34. The van der Waals surface area contributed by atoms with Gasteiger partial charge in [-0.25, -0.2) is 8.42 Å². The molecule has 0 aliphatic carbocycles. The minimum Gasteiger partial charge on any atom is -0.486 e. The van der Waals surface area contributed by atoms with Gasteiger partial charge in [0.25, 0.3) is 15.7 Å². The molecule has 0 saturated carbocycles. The molecule has 0 amide bonds. The summed E-state index contributed by atoms with van der Waals surface area (Å²) in [5.41, 5.74) is 0.111.